The maximum absolute atomic E-state index is 6.10. The second-order valence-corrected chi connectivity index (χ2v) is 4.88. The van der Waals surface area contributed by atoms with Gasteiger partial charge in [0.1, 0.15) is 0 Å². The molecule has 1 saturated heterocycles. The predicted molar refractivity (Wildman–Crippen MR) is 76.3 cm³/mol. The number of anilines is 1. The lowest BCUT2D eigenvalue weighted by atomic mass is 10.1. The zero-order valence-corrected chi connectivity index (χ0v) is 11.8. The molecular weight excluding hydrogens is 258 g/mol. The number of rotatable bonds is 3. The Kier molecular flexibility index (Phi) is 3.40. The van der Waals surface area contributed by atoms with E-state index in [0.717, 1.165) is 37.1 Å². The fourth-order valence-electron chi connectivity index (χ4n) is 2.77. The molecule has 0 amide bonds. The van der Waals surface area contributed by atoms with Gasteiger partial charge in [0, 0.05) is 31.4 Å². The third-order valence-corrected chi connectivity index (χ3v) is 3.78. The summed E-state index contributed by atoms with van der Waals surface area (Å²) in [5, 5.41) is 0. The maximum Gasteiger partial charge on any atom is 0.201 e. The Balaban J connectivity index is 2.13. The molecule has 1 aromatic heterocycles. The van der Waals surface area contributed by atoms with Crippen molar-refractivity contribution in [3.63, 3.8) is 0 Å². The standard InChI is InChI=1S/C14H19N3O3/c1-18-12-7-10-11(8-13(12)19-2)17(14(15)16-10)9-3-5-20-6-4-9/h7-9H,3-6H2,1-2H3,(H2,15,16). The van der Waals surface area contributed by atoms with Gasteiger partial charge in [0.2, 0.25) is 5.95 Å². The lowest BCUT2D eigenvalue weighted by molar-refractivity contribution is 0.0711. The Bertz CT molecular complexity index is 618. The van der Waals surface area contributed by atoms with Crippen LogP contribution in [0.2, 0.25) is 0 Å². The zero-order valence-electron chi connectivity index (χ0n) is 11.8. The first-order chi connectivity index (χ1) is 9.74. The van der Waals surface area contributed by atoms with E-state index in [4.69, 9.17) is 19.9 Å². The highest BCUT2D eigenvalue weighted by Gasteiger charge is 2.22. The molecule has 2 N–H and O–H groups in total. The first-order valence-electron chi connectivity index (χ1n) is 6.71. The number of methoxy groups -OCH3 is 2. The summed E-state index contributed by atoms with van der Waals surface area (Å²) >= 11 is 0. The fourth-order valence-corrected chi connectivity index (χ4v) is 2.77. The van der Waals surface area contributed by atoms with Gasteiger partial charge in [0.05, 0.1) is 25.3 Å². The number of hydrogen-bond acceptors (Lipinski definition) is 5. The summed E-state index contributed by atoms with van der Waals surface area (Å²) in [6, 6.07) is 4.12. The second kappa shape index (κ2) is 5.20. The number of benzene rings is 1. The Labute approximate surface area is 117 Å². The van der Waals surface area contributed by atoms with Crippen LogP contribution < -0.4 is 15.2 Å². The Morgan fingerprint density at radius 3 is 2.50 bits per heavy atom. The average Bonchev–Trinajstić information content (AvgIpc) is 2.81. The van der Waals surface area contributed by atoms with Crippen LogP contribution in [0.15, 0.2) is 12.1 Å². The minimum atomic E-state index is 0.326. The van der Waals surface area contributed by atoms with Crippen molar-refractivity contribution in [1.82, 2.24) is 9.55 Å². The van der Waals surface area contributed by atoms with Gasteiger partial charge in [-0.25, -0.2) is 4.98 Å². The topological polar surface area (TPSA) is 71.5 Å². The minimum Gasteiger partial charge on any atom is -0.493 e. The molecule has 0 atom stereocenters. The Morgan fingerprint density at radius 2 is 1.85 bits per heavy atom. The number of hydrogen-bond donors (Lipinski definition) is 1. The SMILES string of the molecule is COc1cc2nc(N)n(C3CCOCC3)c2cc1OC. The molecule has 108 valence electrons. The van der Waals surface area contributed by atoms with Crippen LogP contribution in [0.5, 0.6) is 11.5 Å². The number of ether oxygens (including phenoxy) is 3. The minimum absolute atomic E-state index is 0.326. The summed E-state index contributed by atoms with van der Waals surface area (Å²) < 4.78 is 18.2. The van der Waals surface area contributed by atoms with Gasteiger partial charge >= 0.3 is 0 Å². The average molecular weight is 277 g/mol. The van der Waals surface area contributed by atoms with Crippen LogP contribution in [0.1, 0.15) is 18.9 Å². The van der Waals surface area contributed by atoms with Crippen molar-refractivity contribution in [2.75, 3.05) is 33.2 Å². The van der Waals surface area contributed by atoms with E-state index in [9.17, 15) is 0 Å². The molecule has 0 unspecified atom stereocenters. The molecule has 6 nitrogen and oxygen atoms in total. The van der Waals surface area contributed by atoms with E-state index < -0.39 is 0 Å². The van der Waals surface area contributed by atoms with Gasteiger partial charge in [0.15, 0.2) is 11.5 Å². The molecule has 0 bridgehead atoms. The summed E-state index contributed by atoms with van der Waals surface area (Å²) in [7, 11) is 3.24. The van der Waals surface area contributed by atoms with Gasteiger partial charge in [0.25, 0.3) is 0 Å². The highest BCUT2D eigenvalue weighted by atomic mass is 16.5. The van der Waals surface area contributed by atoms with E-state index in [1.54, 1.807) is 14.2 Å². The van der Waals surface area contributed by atoms with Crippen molar-refractivity contribution < 1.29 is 14.2 Å². The molecular formula is C14H19N3O3. The zero-order chi connectivity index (χ0) is 14.1. The monoisotopic (exact) mass is 277 g/mol. The quantitative estimate of drug-likeness (QED) is 0.929. The third-order valence-electron chi connectivity index (χ3n) is 3.78. The summed E-state index contributed by atoms with van der Waals surface area (Å²) in [4.78, 5) is 4.44. The van der Waals surface area contributed by atoms with Crippen LogP contribution in [0.4, 0.5) is 5.95 Å². The lowest BCUT2D eigenvalue weighted by Crippen LogP contribution is -2.20. The molecule has 1 aromatic carbocycles. The number of nitrogen functional groups attached to an aromatic ring is 1. The highest BCUT2D eigenvalue weighted by molar-refractivity contribution is 5.82. The van der Waals surface area contributed by atoms with Gasteiger partial charge in [-0.1, -0.05) is 0 Å². The van der Waals surface area contributed by atoms with E-state index in [1.165, 1.54) is 0 Å². The maximum atomic E-state index is 6.10. The van der Waals surface area contributed by atoms with Gasteiger partial charge in [-0.2, -0.15) is 0 Å². The smallest absolute Gasteiger partial charge is 0.201 e. The molecule has 20 heavy (non-hydrogen) atoms. The predicted octanol–water partition coefficient (Wildman–Crippen LogP) is 1.99. The van der Waals surface area contributed by atoms with Gasteiger partial charge < -0.3 is 24.5 Å². The molecule has 2 heterocycles. The normalized spacial score (nSPS) is 16.5. The third kappa shape index (κ3) is 2.06. The van der Waals surface area contributed by atoms with Crippen LogP contribution in [-0.4, -0.2) is 37.0 Å². The number of imidazole rings is 1. The Hall–Kier alpha value is -1.95. The van der Waals surface area contributed by atoms with Gasteiger partial charge in [-0.3, -0.25) is 0 Å². The summed E-state index contributed by atoms with van der Waals surface area (Å²) in [6.07, 6.45) is 1.90. The molecule has 0 aliphatic carbocycles. The van der Waals surface area contributed by atoms with Crippen molar-refractivity contribution in [2.45, 2.75) is 18.9 Å². The van der Waals surface area contributed by atoms with Crippen LogP contribution in [0.25, 0.3) is 11.0 Å². The summed E-state index contributed by atoms with van der Waals surface area (Å²) in [6.45, 7) is 1.52. The molecule has 1 fully saturated rings. The first kappa shape index (κ1) is 13.1. The fraction of sp³-hybridized carbons (Fsp3) is 0.500. The number of nitrogens with zero attached hydrogens (tertiary/aromatic N) is 2. The van der Waals surface area contributed by atoms with E-state index in [-0.39, 0.29) is 0 Å². The van der Waals surface area contributed by atoms with Crippen molar-refractivity contribution in [1.29, 1.82) is 0 Å². The molecule has 6 heteroatoms. The van der Waals surface area contributed by atoms with E-state index in [0.29, 0.717) is 23.5 Å². The van der Waals surface area contributed by atoms with Crippen LogP contribution in [-0.2, 0) is 4.74 Å². The Morgan fingerprint density at radius 1 is 1.20 bits per heavy atom. The second-order valence-electron chi connectivity index (χ2n) is 4.88. The van der Waals surface area contributed by atoms with E-state index in [2.05, 4.69) is 9.55 Å². The van der Waals surface area contributed by atoms with Crippen molar-refractivity contribution >= 4 is 17.0 Å². The number of fused-ring (bicyclic) bond motifs is 1. The van der Waals surface area contributed by atoms with Crippen LogP contribution >= 0.6 is 0 Å². The van der Waals surface area contributed by atoms with Crippen molar-refractivity contribution in [3.8, 4) is 11.5 Å². The molecule has 0 spiro atoms. The highest BCUT2D eigenvalue weighted by Crippen LogP contribution is 2.36. The summed E-state index contributed by atoms with van der Waals surface area (Å²) in [5.74, 6) is 1.88. The molecule has 0 radical (unpaired) electrons. The van der Waals surface area contributed by atoms with E-state index >= 15 is 0 Å². The molecule has 1 aliphatic rings. The lowest BCUT2D eigenvalue weighted by Gasteiger charge is -2.25. The number of nitrogens with two attached hydrogens (primary N) is 1. The van der Waals surface area contributed by atoms with Crippen molar-refractivity contribution in [2.24, 2.45) is 0 Å². The van der Waals surface area contributed by atoms with Crippen LogP contribution in [0.3, 0.4) is 0 Å². The molecule has 1 aliphatic heterocycles. The number of aromatic nitrogens is 2. The van der Waals surface area contributed by atoms with Gasteiger partial charge in [-0.05, 0) is 12.8 Å². The van der Waals surface area contributed by atoms with Gasteiger partial charge in [-0.15, -0.1) is 0 Å². The van der Waals surface area contributed by atoms with Crippen LogP contribution in [0, 0.1) is 0 Å². The largest absolute Gasteiger partial charge is 0.493 e. The molecule has 3 rings (SSSR count). The molecule has 0 saturated carbocycles. The van der Waals surface area contributed by atoms with E-state index in [1.807, 2.05) is 12.1 Å². The summed E-state index contributed by atoms with van der Waals surface area (Å²) in [5.41, 5.74) is 7.90. The van der Waals surface area contributed by atoms with Crippen molar-refractivity contribution in [3.05, 3.63) is 12.1 Å². The molecule has 2 aromatic rings. The first-order valence-corrected chi connectivity index (χ1v) is 6.71.